The molecule has 0 heterocycles. The van der Waals surface area contributed by atoms with Gasteiger partial charge in [0, 0.05) is 28.9 Å². The summed E-state index contributed by atoms with van der Waals surface area (Å²) in [7, 11) is 1.79. The molecule has 2 rings (SSSR count). The standard InChI is InChI=1S/C17H18ClN3O3/c1-12-13(5-3-8-16(12)21(23)24)10-20(2)11-17(22)19-15-7-4-6-14(18)9-15/h3-9H,10-11H2,1-2H3,(H,19,22). The summed E-state index contributed by atoms with van der Waals surface area (Å²) in [5.74, 6) is -0.178. The van der Waals surface area contributed by atoms with Crippen molar-refractivity contribution >= 4 is 28.9 Å². The molecule has 0 saturated carbocycles. The van der Waals surface area contributed by atoms with E-state index in [0.29, 0.717) is 22.8 Å². The minimum atomic E-state index is -0.398. The molecular formula is C17H18ClN3O3. The van der Waals surface area contributed by atoms with Crippen LogP contribution in [-0.4, -0.2) is 29.3 Å². The first-order valence-electron chi connectivity index (χ1n) is 7.33. The van der Waals surface area contributed by atoms with Gasteiger partial charge >= 0.3 is 0 Å². The molecule has 126 valence electrons. The third-order valence-electron chi connectivity index (χ3n) is 3.58. The summed E-state index contributed by atoms with van der Waals surface area (Å²) in [5, 5.41) is 14.3. The van der Waals surface area contributed by atoms with Gasteiger partial charge in [-0.25, -0.2) is 0 Å². The fourth-order valence-corrected chi connectivity index (χ4v) is 2.59. The Morgan fingerprint density at radius 1 is 1.29 bits per heavy atom. The molecule has 0 atom stereocenters. The number of hydrogen-bond acceptors (Lipinski definition) is 4. The molecule has 0 aliphatic heterocycles. The summed E-state index contributed by atoms with van der Waals surface area (Å²) in [5.41, 5.74) is 2.16. The van der Waals surface area contributed by atoms with Crippen molar-refractivity contribution < 1.29 is 9.72 Å². The lowest BCUT2D eigenvalue weighted by Crippen LogP contribution is -2.30. The number of rotatable bonds is 6. The van der Waals surface area contributed by atoms with Gasteiger partial charge in [0.15, 0.2) is 0 Å². The quantitative estimate of drug-likeness (QED) is 0.639. The van der Waals surface area contributed by atoms with E-state index in [1.807, 2.05) is 6.07 Å². The largest absolute Gasteiger partial charge is 0.325 e. The summed E-state index contributed by atoms with van der Waals surface area (Å²) < 4.78 is 0. The van der Waals surface area contributed by atoms with Crippen molar-refractivity contribution in [2.24, 2.45) is 0 Å². The Morgan fingerprint density at radius 3 is 2.67 bits per heavy atom. The SMILES string of the molecule is Cc1c(CN(C)CC(=O)Nc2cccc(Cl)c2)cccc1[N+](=O)[O-]. The van der Waals surface area contributed by atoms with Crippen molar-refractivity contribution in [1.82, 2.24) is 4.90 Å². The molecule has 0 spiro atoms. The summed E-state index contributed by atoms with van der Waals surface area (Å²) in [6, 6.07) is 11.9. The highest BCUT2D eigenvalue weighted by Crippen LogP contribution is 2.22. The van der Waals surface area contributed by atoms with Crippen LogP contribution >= 0.6 is 11.6 Å². The molecule has 0 aliphatic rings. The number of nitro benzene ring substituents is 1. The van der Waals surface area contributed by atoms with Crippen LogP contribution in [0.25, 0.3) is 0 Å². The van der Waals surface area contributed by atoms with Crippen molar-refractivity contribution in [3.8, 4) is 0 Å². The maximum absolute atomic E-state index is 12.1. The molecule has 0 bridgehead atoms. The zero-order valence-electron chi connectivity index (χ0n) is 13.5. The van der Waals surface area contributed by atoms with Crippen LogP contribution in [0.5, 0.6) is 0 Å². The van der Waals surface area contributed by atoms with Crippen LogP contribution in [-0.2, 0) is 11.3 Å². The molecule has 0 unspecified atom stereocenters. The van der Waals surface area contributed by atoms with Crippen molar-refractivity contribution in [2.75, 3.05) is 18.9 Å². The van der Waals surface area contributed by atoms with Gasteiger partial charge < -0.3 is 5.32 Å². The second kappa shape index (κ2) is 7.90. The van der Waals surface area contributed by atoms with Gasteiger partial charge in [-0.05, 0) is 37.7 Å². The molecule has 0 aliphatic carbocycles. The number of amides is 1. The predicted octanol–water partition coefficient (Wildman–Crippen LogP) is 3.63. The van der Waals surface area contributed by atoms with Gasteiger partial charge in [-0.1, -0.05) is 29.8 Å². The maximum Gasteiger partial charge on any atom is 0.272 e. The van der Waals surface area contributed by atoms with Crippen molar-refractivity contribution in [3.63, 3.8) is 0 Å². The normalized spacial score (nSPS) is 10.7. The minimum absolute atomic E-state index is 0.0873. The van der Waals surface area contributed by atoms with E-state index in [9.17, 15) is 14.9 Å². The molecule has 7 heteroatoms. The van der Waals surface area contributed by atoms with Crippen LogP contribution in [0.15, 0.2) is 42.5 Å². The summed E-state index contributed by atoms with van der Waals surface area (Å²) in [6.45, 7) is 2.32. The van der Waals surface area contributed by atoms with Gasteiger partial charge in [0.1, 0.15) is 0 Å². The van der Waals surface area contributed by atoms with Crippen LogP contribution in [0.1, 0.15) is 11.1 Å². The first-order valence-corrected chi connectivity index (χ1v) is 7.71. The molecule has 0 aromatic heterocycles. The van der Waals surface area contributed by atoms with Gasteiger partial charge in [-0.2, -0.15) is 0 Å². The zero-order valence-corrected chi connectivity index (χ0v) is 14.2. The van der Waals surface area contributed by atoms with Crippen LogP contribution in [0.2, 0.25) is 5.02 Å². The monoisotopic (exact) mass is 347 g/mol. The summed E-state index contributed by atoms with van der Waals surface area (Å²) >= 11 is 5.88. The Morgan fingerprint density at radius 2 is 2.00 bits per heavy atom. The maximum atomic E-state index is 12.1. The molecular weight excluding hydrogens is 330 g/mol. The number of halogens is 1. The van der Waals surface area contributed by atoms with Crippen LogP contribution in [0.4, 0.5) is 11.4 Å². The van der Waals surface area contributed by atoms with E-state index in [1.54, 1.807) is 49.2 Å². The highest BCUT2D eigenvalue weighted by Gasteiger charge is 2.15. The Labute approximate surface area is 145 Å². The Kier molecular flexibility index (Phi) is 5.89. The zero-order chi connectivity index (χ0) is 17.7. The van der Waals surface area contributed by atoms with E-state index in [1.165, 1.54) is 6.07 Å². The third-order valence-corrected chi connectivity index (χ3v) is 3.81. The number of benzene rings is 2. The molecule has 2 aromatic carbocycles. The molecule has 24 heavy (non-hydrogen) atoms. The van der Waals surface area contributed by atoms with Crippen molar-refractivity contribution in [1.29, 1.82) is 0 Å². The van der Waals surface area contributed by atoms with E-state index in [0.717, 1.165) is 5.56 Å². The van der Waals surface area contributed by atoms with E-state index in [4.69, 9.17) is 11.6 Å². The lowest BCUT2D eigenvalue weighted by atomic mass is 10.1. The molecule has 1 amide bonds. The topological polar surface area (TPSA) is 75.5 Å². The summed E-state index contributed by atoms with van der Waals surface area (Å²) in [4.78, 5) is 24.5. The lowest BCUT2D eigenvalue weighted by Gasteiger charge is -2.17. The van der Waals surface area contributed by atoms with E-state index in [-0.39, 0.29) is 18.1 Å². The summed E-state index contributed by atoms with van der Waals surface area (Å²) in [6.07, 6.45) is 0. The molecule has 0 saturated heterocycles. The van der Waals surface area contributed by atoms with Gasteiger partial charge in [0.2, 0.25) is 5.91 Å². The van der Waals surface area contributed by atoms with Gasteiger partial charge in [0.25, 0.3) is 5.69 Å². The van der Waals surface area contributed by atoms with Gasteiger partial charge in [-0.15, -0.1) is 0 Å². The first-order chi connectivity index (χ1) is 11.4. The van der Waals surface area contributed by atoms with Gasteiger partial charge in [-0.3, -0.25) is 19.8 Å². The fourth-order valence-electron chi connectivity index (χ4n) is 2.40. The minimum Gasteiger partial charge on any atom is -0.325 e. The van der Waals surface area contributed by atoms with Crippen LogP contribution in [0, 0.1) is 17.0 Å². The highest BCUT2D eigenvalue weighted by molar-refractivity contribution is 6.30. The predicted molar refractivity (Wildman–Crippen MR) is 94.2 cm³/mol. The molecule has 0 radical (unpaired) electrons. The Bertz CT molecular complexity index is 764. The Balaban J connectivity index is 1.98. The fraction of sp³-hybridized carbons (Fsp3) is 0.235. The van der Waals surface area contributed by atoms with E-state index < -0.39 is 4.92 Å². The molecule has 6 nitrogen and oxygen atoms in total. The third kappa shape index (κ3) is 4.78. The molecule has 0 fully saturated rings. The highest BCUT2D eigenvalue weighted by atomic mass is 35.5. The van der Waals surface area contributed by atoms with Crippen molar-refractivity contribution in [3.05, 3.63) is 68.7 Å². The number of carbonyl (C=O) groups is 1. The second-order valence-electron chi connectivity index (χ2n) is 5.55. The number of likely N-dealkylation sites (N-methyl/N-ethyl adjacent to an activating group) is 1. The average Bonchev–Trinajstić information content (AvgIpc) is 2.48. The number of nitrogens with zero attached hydrogens (tertiary/aromatic N) is 2. The number of anilines is 1. The molecule has 2 aromatic rings. The van der Waals surface area contributed by atoms with E-state index >= 15 is 0 Å². The van der Waals surface area contributed by atoms with E-state index in [2.05, 4.69) is 5.32 Å². The van der Waals surface area contributed by atoms with Gasteiger partial charge in [0.05, 0.1) is 11.5 Å². The Hall–Kier alpha value is -2.44. The second-order valence-corrected chi connectivity index (χ2v) is 5.99. The molecule has 1 N–H and O–H groups in total. The number of hydrogen-bond donors (Lipinski definition) is 1. The lowest BCUT2D eigenvalue weighted by molar-refractivity contribution is -0.385. The van der Waals surface area contributed by atoms with Crippen LogP contribution in [0.3, 0.4) is 0 Å². The number of carbonyl (C=O) groups excluding carboxylic acids is 1. The first kappa shape index (κ1) is 17.9. The average molecular weight is 348 g/mol. The number of nitrogens with one attached hydrogen (secondary N) is 1. The number of nitro groups is 1. The smallest absolute Gasteiger partial charge is 0.272 e. The van der Waals surface area contributed by atoms with Crippen molar-refractivity contribution in [2.45, 2.75) is 13.5 Å². The van der Waals surface area contributed by atoms with Crippen LogP contribution < -0.4 is 5.32 Å².